The van der Waals surface area contributed by atoms with Crippen LogP contribution < -0.4 is 0 Å². The Kier molecular flexibility index (Phi) is 6.55. The molecule has 0 unspecified atom stereocenters. The smallest absolute Gasteiger partial charge is 0.348 e. The standard InChI is InChI=1S/C20H25NO5/c1-4-10-16-13-17(22)21(14-15-11-8-7-9-12-15)20(16,18(23)25-5-2)19(24)26-6-3/h7-12H,4-6,13-14H2,1-3H3/b16-10-. The van der Waals surface area contributed by atoms with Crippen LogP contribution >= 0.6 is 0 Å². The zero-order valence-electron chi connectivity index (χ0n) is 15.5. The number of carbonyl (C=O) groups excluding carboxylic acids is 3. The summed E-state index contributed by atoms with van der Waals surface area (Å²) < 4.78 is 10.4. The number of allylic oxidation sites excluding steroid dienone is 1. The highest BCUT2D eigenvalue weighted by Crippen LogP contribution is 2.39. The van der Waals surface area contributed by atoms with Crippen molar-refractivity contribution in [2.45, 2.75) is 45.7 Å². The maximum atomic E-state index is 13.0. The molecule has 140 valence electrons. The fourth-order valence-electron chi connectivity index (χ4n) is 3.22. The SMILES string of the molecule is CC/C=C1/CC(=O)N(Cc2ccccc2)C1(C(=O)OCC)C(=O)OCC. The minimum Gasteiger partial charge on any atom is -0.464 e. The molecular formula is C20H25NO5. The molecule has 6 nitrogen and oxygen atoms in total. The monoisotopic (exact) mass is 359 g/mol. The Hall–Kier alpha value is -2.63. The average Bonchev–Trinajstić information content (AvgIpc) is 2.89. The molecule has 1 aromatic carbocycles. The Labute approximate surface area is 153 Å². The lowest BCUT2D eigenvalue weighted by atomic mass is 9.89. The molecular weight excluding hydrogens is 334 g/mol. The van der Waals surface area contributed by atoms with E-state index in [0.717, 1.165) is 5.56 Å². The molecule has 6 heteroatoms. The number of ether oxygens (including phenoxy) is 2. The predicted molar refractivity (Wildman–Crippen MR) is 96.0 cm³/mol. The highest BCUT2D eigenvalue weighted by Gasteiger charge is 2.62. The van der Waals surface area contributed by atoms with Gasteiger partial charge >= 0.3 is 11.9 Å². The van der Waals surface area contributed by atoms with Crippen molar-refractivity contribution in [3.63, 3.8) is 0 Å². The molecule has 0 bridgehead atoms. The molecule has 0 aromatic heterocycles. The molecule has 0 N–H and O–H groups in total. The lowest BCUT2D eigenvalue weighted by Gasteiger charge is -2.34. The molecule has 1 aliphatic rings. The second-order valence-corrected chi connectivity index (χ2v) is 5.93. The van der Waals surface area contributed by atoms with Crippen molar-refractivity contribution in [1.82, 2.24) is 4.90 Å². The maximum absolute atomic E-state index is 13.0. The van der Waals surface area contributed by atoms with E-state index >= 15 is 0 Å². The van der Waals surface area contributed by atoms with Gasteiger partial charge in [-0.1, -0.05) is 43.3 Å². The predicted octanol–water partition coefficient (Wildman–Crippen LogP) is 2.62. The molecule has 0 spiro atoms. The van der Waals surface area contributed by atoms with Crippen LogP contribution in [0.4, 0.5) is 0 Å². The third-order valence-electron chi connectivity index (χ3n) is 4.29. The minimum absolute atomic E-state index is 0.00168. The summed E-state index contributed by atoms with van der Waals surface area (Å²) in [6, 6.07) is 9.23. The Bertz CT molecular complexity index is 677. The molecule has 1 amide bonds. The van der Waals surface area contributed by atoms with E-state index in [1.54, 1.807) is 19.9 Å². The van der Waals surface area contributed by atoms with Gasteiger partial charge in [-0.3, -0.25) is 4.79 Å². The van der Waals surface area contributed by atoms with Crippen LogP contribution in [-0.2, 0) is 30.4 Å². The number of benzene rings is 1. The zero-order chi connectivity index (χ0) is 19.2. The fraction of sp³-hybridized carbons (Fsp3) is 0.450. The molecule has 1 saturated heterocycles. The number of carbonyl (C=O) groups is 3. The summed E-state index contributed by atoms with van der Waals surface area (Å²) >= 11 is 0. The first kappa shape index (κ1) is 19.7. The van der Waals surface area contributed by atoms with Gasteiger partial charge in [0.2, 0.25) is 5.91 Å². The van der Waals surface area contributed by atoms with Crippen LogP contribution in [0.3, 0.4) is 0 Å². The Balaban J connectivity index is 2.59. The molecule has 1 fully saturated rings. The largest absolute Gasteiger partial charge is 0.464 e. The van der Waals surface area contributed by atoms with E-state index in [0.29, 0.717) is 12.0 Å². The molecule has 1 aliphatic heterocycles. The van der Waals surface area contributed by atoms with Gasteiger partial charge in [-0.25, -0.2) is 9.59 Å². The summed E-state index contributed by atoms with van der Waals surface area (Å²) in [5.74, 6) is -1.82. The van der Waals surface area contributed by atoms with E-state index in [4.69, 9.17) is 9.47 Å². The van der Waals surface area contributed by atoms with Crippen LogP contribution in [0, 0.1) is 0 Å². The number of esters is 2. The van der Waals surface area contributed by atoms with Gasteiger partial charge in [-0.15, -0.1) is 0 Å². The van der Waals surface area contributed by atoms with Crippen molar-refractivity contribution in [3.05, 3.63) is 47.5 Å². The summed E-state index contributed by atoms with van der Waals surface area (Å²) in [7, 11) is 0. The first-order chi connectivity index (χ1) is 12.5. The van der Waals surface area contributed by atoms with Gasteiger partial charge < -0.3 is 14.4 Å². The number of amides is 1. The van der Waals surface area contributed by atoms with Crippen LogP contribution in [0.2, 0.25) is 0 Å². The van der Waals surface area contributed by atoms with Gasteiger partial charge in [-0.05, 0) is 31.4 Å². The molecule has 26 heavy (non-hydrogen) atoms. The van der Waals surface area contributed by atoms with E-state index in [1.807, 2.05) is 37.3 Å². The summed E-state index contributed by atoms with van der Waals surface area (Å²) in [5, 5.41) is 0. The highest BCUT2D eigenvalue weighted by molar-refractivity contribution is 6.14. The average molecular weight is 359 g/mol. The number of likely N-dealkylation sites (tertiary alicyclic amines) is 1. The molecule has 0 radical (unpaired) electrons. The van der Waals surface area contributed by atoms with E-state index in [2.05, 4.69) is 0 Å². The van der Waals surface area contributed by atoms with Crippen molar-refractivity contribution >= 4 is 17.8 Å². The third-order valence-corrected chi connectivity index (χ3v) is 4.29. The van der Waals surface area contributed by atoms with Gasteiger partial charge in [0.1, 0.15) is 0 Å². The van der Waals surface area contributed by atoms with Crippen molar-refractivity contribution in [3.8, 4) is 0 Å². The summed E-state index contributed by atoms with van der Waals surface area (Å²) in [4.78, 5) is 40.0. The van der Waals surface area contributed by atoms with E-state index in [9.17, 15) is 14.4 Å². The Morgan fingerprint density at radius 2 is 1.65 bits per heavy atom. The van der Waals surface area contributed by atoms with Crippen LogP contribution in [0.25, 0.3) is 0 Å². The summed E-state index contributed by atoms with van der Waals surface area (Å²) in [5.41, 5.74) is -0.607. The summed E-state index contributed by atoms with van der Waals surface area (Å²) in [6.07, 6.45) is 2.33. The second kappa shape index (κ2) is 8.65. The number of rotatable bonds is 7. The normalized spacial score (nSPS) is 17.4. The van der Waals surface area contributed by atoms with E-state index in [-0.39, 0.29) is 32.1 Å². The third kappa shape index (κ3) is 3.49. The van der Waals surface area contributed by atoms with Crippen molar-refractivity contribution in [2.75, 3.05) is 13.2 Å². The topological polar surface area (TPSA) is 72.9 Å². The van der Waals surface area contributed by atoms with Gasteiger partial charge in [0.05, 0.1) is 19.6 Å². The lowest BCUT2D eigenvalue weighted by molar-refractivity contribution is -0.173. The van der Waals surface area contributed by atoms with Crippen LogP contribution in [0.15, 0.2) is 42.0 Å². The lowest BCUT2D eigenvalue weighted by Crippen LogP contribution is -2.59. The Morgan fingerprint density at radius 3 is 2.15 bits per heavy atom. The Morgan fingerprint density at radius 1 is 1.08 bits per heavy atom. The number of hydrogen-bond donors (Lipinski definition) is 0. The number of hydrogen-bond acceptors (Lipinski definition) is 5. The van der Waals surface area contributed by atoms with Crippen LogP contribution in [-0.4, -0.2) is 41.5 Å². The maximum Gasteiger partial charge on any atom is 0.348 e. The van der Waals surface area contributed by atoms with Crippen LogP contribution in [0.1, 0.15) is 39.2 Å². The molecule has 2 rings (SSSR count). The van der Waals surface area contributed by atoms with Crippen molar-refractivity contribution in [2.24, 2.45) is 0 Å². The molecule has 1 aromatic rings. The minimum atomic E-state index is -1.85. The molecule has 0 aliphatic carbocycles. The van der Waals surface area contributed by atoms with Crippen molar-refractivity contribution in [1.29, 1.82) is 0 Å². The molecule has 0 saturated carbocycles. The van der Waals surface area contributed by atoms with Gasteiger partial charge in [-0.2, -0.15) is 0 Å². The zero-order valence-corrected chi connectivity index (χ0v) is 15.5. The fourth-order valence-corrected chi connectivity index (χ4v) is 3.22. The van der Waals surface area contributed by atoms with Gasteiger partial charge in [0.15, 0.2) is 0 Å². The number of nitrogens with zero attached hydrogens (tertiary/aromatic N) is 1. The van der Waals surface area contributed by atoms with Crippen molar-refractivity contribution < 1.29 is 23.9 Å². The summed E-state index contributed by atoms with van der Waals surface area (Å²) in [6.45, 7) is 5.55. The van der Waals surface area contributed by atoms with Gasteiger partial charge in [0.25, 0.3) is 5.54 Å². The van der Waals surface area contributed by atoms with Gasteiger partial charge in [0, 0.05) is 6.54 Å². The first-order valence-electron chi connectivity index (χ1n) is 8.90. The van der Waals surface area contributed by atoms with E-state index < -0.39 is 17.5 Å². The first-order valence-corrected chi connectivity index (χ1v) is 8.90. The highest BCUT2D eigenvalue weighted by atomic mass is 16.6. The molecule has 1 heterocycles. The van der Waals surface area contributed by atoms with Crippen LogP contribution in [0.5, 0.6) is 0 Å². The molecule has 0 atom stereocenters. The quantitative estimate of drug-likeness (QED) is 0.425. The second-order valence-electron chi connectivity index (χ2n) is 5.93. The van der Waals surface area contributed by atoms with E-state index in [1.165, 1.54) is 4.90 Å².